The monoisotopic (exact) mass is 492 g/mol. The summed E-state index contributed by atoms with van der Waals surface area (Å²) in [6.45, 7) is 20.2. The number of halogens is 2. The van der Waals surface area contributed by atoms with Crippen LogP contribution in [0, 0.1) is 0 Å². The van der Waals surface area contributed by atoms with E-state index in [4.69, 9.17) is 42.1 Å². The van der Waals surface area contributed by atoms with E-state index in [-0.39, 0.29) is 5.41 Å². The molecule has 180 valence electrons. The Morgan fingerprint density at radius 2 is 1.15 bits per heavy atom. The predicted molar refractivity (Wildman–Crippen MR) is 137 cm³/mol. The van der Waals surface area contributed by atoms with Gasteiger partial charge in [-0.25, -0.2) is 0 Å². The predicted octanol–water partition coefficient (Wildman–Crippen LogP) is 7.95. The van der Waals surface area contributed by atoms with Gasteiger partial charge in [-0.2, -0.15) is 0 Å². The van der Waals surface area contributed by atoms with E-state index in [2.05, 4.69) is 27.0 Å². The SMILES string of the molecule is C=C(C)COC(C)Oc1ccc(C(C)(C)c2ccc(OC(C)OCC(=C)C)c(Cl)c2)cc1Cl. The summed E-state index contributed by atoms with van der Waals surface area (Å²) < 4.78 is 22.8. The first kappa shape index (κ1) is 27.3. The Morgan fingerprint density at radius 3 is 1.45 bits per heavy atom. The molecule has 0 saturated carbocycles. The zero-order valence-corrected chi connectivity index (χ0v) is 21.8. The van der Waals surface area contributed by atoms with Crippen molar-refractivity contribution in [1.82, 2.24) is 0 Å². The van der Waals surface area contributed by atoms with Crippen LogP contribution in [-0.4, -0.2) is 25.8 Å². The maximum atomic E-state index is 6.53. The molecule has 0 radical (unpaired) electrons. The van der Waals surface area contributed by atoms with Gasteiger partial charge in [-0.1, -0.05) is 73.5 Å². The van der Waals surface area contributed by atoms with Crippen molar-refractivity contribution in [1.29, 1.82) is 0 Å². The van der Waals surface area contributed by atoms with Crippen LogP contribution in [0.1, 0.15) is 52.7 Å². The molecule has 2 unspecified atom stereocenters. The fourth-order valence-corrected chi connectivity index (χ4v) is 3.53. The minimum absolute atomic E-state index is 0.353. The van der Waals surface area contributed by atoms with Gasteiger partial charge in [-0.15, -0.1) is 0 Å². The molecule has 33 heavy (non-hydrogen) atoms. The highest BCUT2D eigenvalue weighted by Crippen LogP contribution is 2.39. The van der Waals surface area contributed by atoms with E-state index in [1.165, 1.54) is 0 Å². The van der Waals surface area contributed by atoms with Crippen molar-refractivity contribution in [3.05, 3.63) is 81.9 Å². The van der Waals surface area contributed by atoms with Gasteiger partial charge in [0.25, 0.3) is 0 Å². The quantitative estimate of drug-likeness (QED) is 0.222. The Balaban J connectivity index is 2.15. The summed E-state index contributed by atoms with van der Waals surface area (Å²) in [7, 11) is 0. The molecule has 0 saturated heterocycles. The van der Waals surface area contributed by atoms with Crippen LogP contribution >= 0.6 is 23.2 Å². The number of ether oxygens (including phenoxy) is 4. The highest BCUT2D eigenvalue weighted by molar-refractivity contribution is 6.32. The third-order valence-electron chi connectivity index (χ3n) is 5.02. The molecule has 2 aromatic carbocycles. The van der Waals surface area contributed by atoms with Crippen LogP contribution in [0.4, 0.5) is 0 Å². The van der Waals surface area contributed by atoms with Gasteiger partial charge in [0.05, 0.1) is 23.3 Å². The summed E-state index contributed by atoms with van der Waals surface area (Å²) in [6, 6.07) is 11.5. The third kappa shape index (κ3) is 8.08. The maximum Gasteiger partial charge on any atom is 0.197 e. The molecule has 0 bridgehead atoms. The molecule has 0 aromatic heterocycles. The smallest absolute Gasteiger partial charge is 0.197 e. The van der Waals surface area contributed by atoms with Gasteiger partial charge in [-0.3, -0.25) is 0 Å². The Kier molecular flexibility index (Phi) is 9.86. The lowest BCUT2D eigenvalue weighted by Crippen LogP contribution is -2.20. The minimum Gasteiger partial charge on any atom is -0.464 e. The van der Waals surface area contributed by atoms with Gasteiger partial charge >= 0.3 is 0 Å². The second-order valence-corrected chi connectivity index (χ2v) is 9.64. The summed E-state index contributed by atoms with van der Waals surface area (Å²) in [5.74, 6) is 1.13. The Morgan fingerprint density at radius 1 is 0.788 bits per heavy atom. The van der Waals surface area contributed by atoms with Gasteiger partial charge in [0.15, 0.2) is 12.6 Å². The van der Waals surface area contributed by atoms with Crippen molar-refractivity contribution in [2.45, 2.75) is 59.5 Å². The molecule has 2 rings (SSSR count). The van der Waals surface area contributed by atoms with Crippen LogP contribution in [0.15, 0.2) is 60.7 Å². The van der Waals surface area contributed by atoms with Gasteiger partial charge in [0.1, 0.15) is 11.5 Å². The largest absolute Gasteiger partial charge is 0.464 e. The van der Waals surface area contributed by atoms with Crippen molar-refractivity contribution in [2.24, 2.45) is 0 Å². The van der Waals surface area contributed by atoms with E-state index >= 15 is 0 Å². The van der Waals surface area contributed by atoms with Gasteiger partial charge in [-0.05, 0) is 63.1 Å². The Labute approximate surface area is 208 Å². The first-order valence-electron chi connectivity index (χ1n) is 10.9. The van der Waals surface area contributed by atoms with E-state index in [9.17, 15) is 0 Å². The van der Waals surface area contributed by atoms with E-state index < -0.39 is 12.6 Å². The highest BCUT2D eigenvalue weighted by atomic mass is 35.5. The number of hydrogen-bond donors (Lipinski definition) is 0. The minimum atomic E-state index is -0.439. The third-order valence-corrected chi connectivity index (χ3v) is 5.61. The summed E-state index contributed by atoms with van der Waals surface area (Å²) in [6.07, 6.45) is -0.877. The Hall–Kier alpha value is -1.98. The molecule has 2 atom stereocenters. The molecule has 2 aromatic rings. The van der Waals surface area contributed by atoms with Crippen LogP contribution in [0.2, 0.25) is 10.0 Å². The number of rotatable bonds is 12. The molecule has 0 fully saturated rings. The molecule has 0 amide bonds. The van der Waals surface area contributed by atoms with Crippen LogP contribution in [-0.2, 0) is 14.9 Å². The second kappa shape index (κ2) is 11.9. The maximum absolute atomic E-state index is 6.53. The zero-order chi connectivity index (χ0) is 24.8. The van der Waals surface area contributed by atoms with Crippen molar-refractivity contribution in [2.75, 3.05) is 13.2 Å². The molecular weight excluding hydrogens is 459 g/mol. The summed E-state index contributed by atoms with van der Waals surface area (Å²) in [5.41, 5.74) is 3.56. The van der Waals surface area contributed by atoms with E-state index in [1.54, 1.807) is 0 Å². The van der Waals surface area contributed by atoms with E-state index in [0.29, 0.717) is 34.8 Å². The Bertz CT molecular complexity index is 907. The first-order valence-corrected chi connectivity index (χ1v) is 11.6. The standard InChI is InChI=1S/C27H34Cl2O4/c1-17(2)15-30-19(5)32-25-11-9-21(13-23(25)28)27(7,8)22-10-12-26(24(29)14-22)33-20(6)31-16-18(3)4/h9-14,19-20H,1,3,15-16H2,2,4-8H3. The number of hydrogen-bond acceptors (Lipinski definition) is 4. The van der Waals surface area contributed by atoms with Crippen molar-refractivity contribution in [3.8, 4) is 11.5 Å². The van der Waals surface area contributed by atoms with Crippen LogP contribution in [0.3, 0.4) is 0 Å². The lowest BCUT2D eigenvalue weighted by molar-refractivity contribution is -0.0574. The van der Waals surface area contributed by atoms with Crippen LogP contribution in [0.25, 0.3) is 0 Å². The lowest BCUT2D eigenvalue weighted by atomic mass is 9.78. The molecular formula is C27H34Cl2O4. The fourth-order valence-electron chi connectivity index (χ4n) is 3.08. The van der Waals surface area contributed by atoms with E-state index in [0.717, 1.165) is 22.3 Å². The van der Waals surface area contributed by atoms with Crippen LogP contribution in [0.5, 0.6) is 11.5 Å². The molecule has 0 aliphatic rings. The van der Waals surface area contributed by atoms with Gasteiger partial charge in [0.2, 0.25) is 0 Å². The van der Waals surface area contributed by atoms with Gasteiger partial charge in [0, 0.05) is 5.41 Å². The normalized spacial score (nSPS) is 13.3. The molecule has 0 N–H and O–H groups in total. The van der Waals surface area contributed by atoms with Crippen LogP contribution < -0.4 is 9.47 Å². The zero-order valence-electron chi connectivity index (χ0n) is 20.3. The molecule has 0 spiro atoms. The molecule has 0 aliphatic heterocycles. The topological polar surface area (TPSA) is 36.9 Å². The average molecular weight is 493 g/mol. The molecule has 0 heterocycles. The number of benzene rings is 2. The average Bonchev–Trinajstić information content (AvgIpc) is 2.73. The lowest BCUT2D eigenvalue weighted by Gasteiger charge is -2.28. The highest BCUT2D eigenvalue weighted by Gasteiger charge is 2.25. The van der Waals surface area contributed by atoms with Crippen molar-refractivity contribution >= 4 is 23.2 Å². The van der Waals surface area contributed by atoms with E-state index in [1.807, 2.05) is 64.1 Å². The fraction of sp³-hybridized carbons (Fsp3) is 0.407. The second-order valence-electron chi connectivity index (χ2n) is 8.82. The summed E-state index contributed by atoms with van der Waals surface area (Å²) in [5, 5.41) is 1.03. The summed E-state index contributed by atoms with van der Waals surface area (Å²) in [4.78, 5) is 0. The molecule has 6 heteroatoms. The first-order chi connectivity index (χ1) is 15.4. The van der Waals surface area contributed by atoms with Crippen molar-refractivity contribution in [3.63, 3.8) is 0 Å². The molecule has 4 nitrogen and oxygen atoms in total. The van der Waals surface area contributed by atoms with Gasteiger partial charge < -0.3 is 18.9 Å². The molecule has 0 aliphatic carbocycles. The van der Waals surface area contributed by atoms with Crippen molar-refractivity contribution < 1.29 is 18.9 Å². The summed E-state index contributed by atoms with van der Waals surface area (Å²) >= 11 is 13.1.